The van der Waals surface area contributed by atoms with Gasteiger partial charge in [0.2, 0.25) is 11.9 Å². The molecule has 3 heterocycles. The summed E-state index contributed by atoms with van der Waals surface area (Å²) < 4.78 is 30.4. The molecule has 2 N–H and O–H groups in total. The Labute approximate surface area is 158 Å². The number of aromatic nitrogens is 4. The van der Waals surface area contributed by atoms with Crippen LogP contribution in [-0.2, 0) is 4.79 Å². The van der Waals surface area contributed by atoms with Crippen LogP contribution in [0.15, 0.2) is 42.5 Å². The molecule has 0 saturated heterocycles. The minimum Gasteiger partial charge on any atom is -0.322 e. The molecule has 8 heteroatoms. The van der Waals surface area contributed by atoms with Gasteiger partial charge in [-0.2, -0.15) is 9.78 Å². The maximum absolute atomic E-state index is 14.4. The van der Waals surface area contributed by atoms with E-state index >= 15 is 0 Å². The van der Waals surface area contributed by atoms with Gasteiger partial charge in [-0.05, 0) is 31.2 Å². The van der Waals surface area contributed by atoms with Gasteiger partial charge in [0.05, 0.1) is 16.7 Å². The summed E-state index contributed by atoms with van der Waals surface area (Å²) in [5.74, 6) is -1.66. The smallest absolute Gasteiger partial charge is 0.231 e. The number of imidazole rings is 1. The minimum atomic E-state index is -0.761. The minimum absolute atomic E-state index is 0.0580. The number of anilines is 1. The molecule has 0 saturated carbocycles. The van der Waals surface area contributed by atoms with E-state index in [-0.39, 0.29) is 17.9 Å². The summed E-state index contributed by atoms with van der Waals surface area (Å²) in [6.07, 6.45) is -0.0580. The molecule has 0 fully saturated rings. The molecule has 5 rings (SSSR count). The first-order valence-corrected chi connectivity index (χ1v) is 8.81. The van der Waals surface area contributed by atoms with Crippen LogP contribution in [0.5, 0.6) is 0 Å². The van der Waals surface area contributed by atoms with Gasteiger partial charge < -0.3 is 10.3 Å². The molecule has 1 aliphatic rings. The van der Waals surface area contributed by atoms with Crippen LogP contribution in [0.1, 0.15) is 29.2 Å². The maximum Gasteiger partial charge on any atom is 0.231 e. The molecule has 0 radical (unpaired) electrons. The number of para-hydroxylation sites is 2. The van der Waals surface area contributed by atoms with E-state index in [1.54, 1.807) is 6.92 Å². The maximum atomic E-state index is 14.4. The number of nitrogens with zero attached hydrogens (tertiary/aromatic N) is 3. The number of halogens is 2. The van der Waals surface area contributed by atoms with Crippen molar-refractivity contribution in [1.29, 1.82) is 0 Å². The van der Waals surface area contributed by atoms with Gasteiger partial charge in [0, 0.05) is 23.5 Å². The molecule has 1 atom stereocenters. The third-order valence-electron chi connectivity index (χ3n) is 5.03. The lowest BCUT2D eigenvalue weighted by Gasteiger charge is -2.24. The molecule has 0 bridgehead atoms. The number of hydrogen-bond acceptors (Lipinski definition) is 3. The van der Waals surface area contributed by atoms with Crippen molar-refractivity contribution in [2.45, 2.75) is 19.3 Å². The second kappa shape index (κ2) is 5.98. The normalized spacial score (nSPS) is 16.2. The van der Waals surface area contributed by atoms with Crippen molar-refractivity contribution in [2.75, 3.05) is 5.32 Å². The van der Waals surface area contributed by atoms with E-state index in [2.05, 4.69) is 20.4 Å². The van der Waals surface area contributed by atoms with E-state index < -0.39 is 17.6 Å². The van der Waals surface area contributed by atoms with Gasteiger partial charge in [-0.1, -0.05) is 18.2 Å². The van der Waals surface area contributed by atoms with Crippen molar-refractivity contribution < 1.29 is 13.6 Å². The summed E-state index contributed by atoms with van der Waals surface area (Å²) in [5, 5.41) is 7.28. The summed E-state index contributed by atoms with van der Waals surface area (Å²) >= 11 is 0. The van der Waals surface area contributed by atoms with Crippen molar-refractivity contribution in [3.05, 3.63) is 70.9 Å². The fourth-order valence-electron chi connectivity index (χ4n) is 3.83. The van der Waals surface area contributed by atoms with Crippen LogP contribution in [0.3, 0.4) is 0 Å². The average molecular weight is 379 g/mol. The monoisotopic (exact) mass is 379 g/mol. The van der Waals surface area contributed by atoms with Gasteiger partial charge in [-0.3, -0.25) is 4.79 Å². The quantitative estimate of drug-likeness (QED) is 0.556. The summed E-state index contributed by atoms with van der Waals surface area (Å²) in [7, 11) is 0. The molecule has 28 heavy (non-hydrogen) atoms. The molecule has 140 valence electrons. The van der Waals surface area contributed by atoms with Crippen molar-refractivity contribution in [1.82, 2.24) is 19.7 Å². The number of aryl methyl sites for hydroxylation is 1. The molecule has 2 aromatic heterocycles. The summed E-state index contributed by atoms with van der Waals surface area (Å²) in [6.45, 7) is 1.75. The summed E-state index contributed by atoms with van der Waals surface area (Å²) in [6, 6.07) is 11.2. The number of carbonyl (C=O) groups is 1. The number of amides is 1. The first-order valence-electron chi connectivity index (χ1n) is 8.81. The van der Waals surface area contributed by atoms with Crippen molar-refractivity contribution in [3.8, 4) is 5.95 Å². The Balaban J connectivity index is 1.72. The number of H-pyrrole nitrogens is 1. The van der Waals surface area contributed by atoms with Crippen LogP contribution in [-0.4, -0.2) is 25.7 Å². The molecule has 6 nitrogen and oxygen atoms in total. The lowest BCUT2D eigenvalue weighted by atomic mass is 9.85. The highest BCUT2D eigenvalue weighted by atomic mass is 19.1. The van der Waals surface area contributed by atoms with Crippen LogP contribution in [0.2, 0.25) is 0 Å². The van der Waals surface area contributed by atoms with E-state index in [1.807, 2.05) is 24.3 Å². The van der Waals surface area contributed by atoms with Crippen LogP contribution < -0.4 is 5.32 Å². The van der Waals surface area contributed by atoms with Crippen LogP contribution in [0.25, 0.3) is 17.0 Å². The van der Waals surface area contributed by atoms with Crippen LogP contribution in [0, 0.1) is 18.6 Å². The molecule has 2 aromatic carbocycles. The first kappa shape index (κ1) is 16.6. The Morgan fingerprint density at radius 3 is 2.57 bits per heavy atom. The number of aromatic amines is 1. The summed E-state index contributed by atoms with van der Waals surface area (Å²) in [5.41, 5.74) is 2.61. The van der Waals surface area contributed by atoms with E-state index in [4.69, 9.17) is 0 Å². The van der Waals surface area contributed by atoms with Crippen LogP contribution in [0.4, 0.5) is 14.6 Å². The second-order valence-corrected chi connectivity index (χ2v) is 6.78. The molecule has 0 aliphatic carbocycles. The van der Waals surface area contributed by atoms with E-state index in [9.17, 15) is 13.6 Å². The Bertz CT molecular complexity index is 1190. The van der Waals surface area contributed by atoms with Gasteiger partial charge in [0.25, 0.3) is 0 Å². The zero-order chi connectivity index (χ0) is 19.4. The van der Waals surface area contributed by atoms with E-state index in [1.165, 1.54) is 22.9 Å². The highest BCUT2D eigenvalue weighted by Crippen LogP contribution is 2.41. The zero-order valence-corrected chi connectivity index (χ0v) is 14.8. The average Bonchev–Trinajstić information content (AvgIpc) is 3.22. The number of benzene rings is 2. The Morgan fingerprint density at radius 1 is 1.07 bits per heavy atom. The highest BCUT2D eigenvalue weighted by molar-refractivity contribution is 5.95. The first-order chi connectivity index (χ1) is 13.5. The Kier molecular flexibility index (Phi) is 3.55. The lowest BCUT2D eigenvalue weighted by Crippen LogP contribution is -2.26. The lowest BCUT2D eigenvalue weighted by molar-refractivity contribution is -0.116. The molecule has 0 unspecified atom stereocenters. The molecule has 0 spiro atoms. The zero-order valence-electron chi connectivity index (χ0n) is 14.8. The van der Waals surface area contributed by atoms with Gasteiger partial charge in [0.15, 0.2) is 0 Å². The van der Waals surface area contributed by atoms with Gasteiger partial charge in [-0.25, -0.2) is 13.8 Å². The van der Waals surface area contributed by atoms with Crippen molar-refractivity contribution in [3.63, 3.8) is 0 Å². The Morgan fingerprint density at radius 2 is 1.82 bits per heavy atom. The third-order valence-corrected chi connectivity index (χ3v) is 5.03. The predicted octanol–water partition coefficient (Wildman–Crippen LogP) is 3.81. The Hall–Kier alpha value is -3.55. The van der Waals surface area contributed by atoms with Gasteiger partial charge >= 0.3 is 0 Å². The highest BCUT2D eigenvalue weighted by Gasteiger charge is 2.36. The molecule has 4 aromatic rings. The van der Waals surface area contributed by atoms with Crippen LogP contribution >= 0.6 is 0 Å². The molecule has 1 aliphatic heterocycles. The summed E-state index contributed by atoms with van der Waals surface area (Å²) in [4.78, 5) is 20.0. The largest absolute Gasteiger partial charge is 0.322 e. The van der Waals surface area contributed by atoms with Gasteiger partial charge in [-0.15, -0.1) is 0 Å². The molecule has 1 amide bonds. The predicted molar refractivity (Wildman–Crippen MR) is 99.4 cm³/mol. The van der Waals surface area contributed by atoms with Crippen molar-refractivity contribution >= 4 is 22.8 Å². The molecular formula is C20H15F2N5O. The van der Waals surface area contributed by atoms with E-state index in [0.717, 1.165) is 11.0 Å². The number of hydrogen-bond donors (Lipinski definition) is 2. The van der Waals surface area contributed by atoms with Gasteiger partial charge in [0.1, 0.15) is 17.5 Å². The molecular weight excluding hydrogens is 364 g/mol. The SMILES string of the molecule is Cc1nn(-c2nc3ccccc3[nH]2)c2c1[C@@H](c1c(F)cccc1F)CC(=O)N2. The number of carbonyl (C=O) groups excluding carboxylic acids is 1. The third kappa shape index (κ3) is 2.41. The number of rotatable bonds is 2. The second-order valence-electron chi connectivity index (χ2n) is 6.78. The number of nitrogens with one attached hydrogen (secondary N) is 2. The fourth-order valence-corrected chi connectivity index (χ4v) is 3.83. The standard InChI is InChI=1S/C20H15F2N5O/c1-10-17-11(18-12(21)5-4-6-13(18)22)9-16(28)25-19(17)27(26-10)20-23-14-7-2-3-8-15(14)24-20/h2-8,11H,9H2,1H3,(H,23,24)(H,25,28)/t11-/m0/s1. The van der Waals surface area contributed by atoms with E-state index in [0.29, 0.717) is 23.0 Å². The topological polar surface area (TPSA) is 75.6 Å². The van der Waals surface area contributed by atoms with Crippen molar-refractivity contribution in [2.24, 2.45) is 0 Å². The fraction of sp³-hybridized carbons (Fsp3) is 0.150. The number of fused-ring (bicyclic) bond motifs is 2.